The maximum Gasteiger partial charge on any atom is 0.208 e. The van der Waals surface area contributed by atoms with Crippen LogP contribution >= 0.6 is 0 Å². The number of allylic oxidation sites excluding steroid dienone is 1. The third-order valence-corrected chi connectivity index (χ3v) is 1.33. The molecule has 0 amide bonds. The predicted molar refractivity (Wildman–Crippen MR) is 36.5 cm³/mol. The first-order chi connectivity index (χ1) is 4.22. The van der Waals surface area contributed by atoms with Crippen LogP contribution < -0.4 is 0 Å². The van der Waals surface area contributed by atoms with Crippen LogP contribution in [0.25, 0.3) is 0 Å². The Hall–Kier alpha value is -0.990. The van der Waals surface area contributed by atoms with E-state index in [0.717, 1.165) is 0 Å². The second kappa shape index (κ2) is 2.09. The van der Waals surface area contributed by atoms with Gasteiger partial charge in [-0.3, -0.25) is 4.99 Å². The minimum atomic E-state index is 0.275. The Balaban J connectivity index is 2.83. The van der Waals surface area contributed by atoms with Crippen molar-refractivity contribution in [3.8, 4) is 0 Å². The number of rotatable bonds is 0. The van der Waals surface area contributed by atoms with Gasteiger partial charge in [-0.05, 0) is 6.92 Å². The molecule has 1 rings (SSSR count). The average molecular weight is 126 g/mol. The SMILES string of the molecule is CC1=C(O)N(C)CC=N1. The van der Waals surface area contributed by atoms with Crippen molar-refractivity contribution < 1.29 is 5.11 Å². The molecule has 3 nitrogen and oxygen atoms in total. The second-order valence-electron chi connectivity index (χ2n) is 2.10. The van der Waals surface area contributed by atoms with Crippen LogP contribution in [0.4, 0.5) is 0 Å². The molecular formula is C6H10N2O. The molecular weight excluding hydrogens is 116 g/mol. The highest BCUT2D eigenvalue weighted by molar-refractivity contribution is 5.63. The summed E-state index contributed by atoms with van der Waals surface area (Å²) in [5.41, 5.74) is 0.684. The summed E-state index contributed by atoms with van der Waals surface area (Å²) in [5, 5.41) is 9.14. The summed E-state index contributed by atoms with van der Waals surface area (Å²) in [5.74, 6) is 0.275. The van der Waals surface area contributed by atoms with Crippen LogP contribution in [-0.2, 0) is 0 Å². The Bertz CT molecular complexity index is 172. The lowest BCUT2D eigenvalue weighted by Crippen LogP contribution is -2.23. The first kappa shape index (κ1) is 6.13. The molecule has 1 aliphatic heterocycles. The number of nitrogens with zero attached hydrogens (tertiary/aromatic N) is 2. The minimum absolute atomic E-state index is 0.275. The van der Waals surface area contributed by atoms with Gasteiger partial charge in [0, 0.05) is 13.3 Å². The first-order valence-electron chi connectivity index (χ1n) is 2.85. The number of hydrogen-bond acceptors (Lipinski definition) is 3. The monoisotopic (exact) mass is 126 g/mol. The average Bonchev–Trinajstić information content (AvgIpc) is 1.83. The van der Waals surface area contributed by atoms with Crippen molar-refractivity contribution in [3.05, 3.63) is 11.6 Å². The van der Waals surface area contributed by atoms with Gasteiger partial charge in [0.25, 0.3) is 0 Å². The number of hydrogen-bond donors (Lipinski definition) is 1. The normalized spacial score (nSPS) is 19.1. The zero-order valence-electron chi connectivity index (χ0n) is 5.63. The Morgan fingerprint density at radius 2 is 2.44 bits per heavy atom. The molecule has 9 heavy (non-hydrogen) atoms. The lowest BCUT2D eigenvalue weighted by molar-refractivity contribution is 0.243. The molecule has 0 spiro atoms. The fraction of sp³-hybridized carbons (Fsp3) is 0.500. The summed E-state index contributed by atoms with van der Waals surface area (Å²) in [6.07, 6.45) is 1.77. The van der Waals surface area contributed by atoms with Crippen LogP contribution in [0.5, 0.6) is 0 Å². The maximum atomic E-state index is 9.14. The van der Waals surface area contributed by atoms with Gasteiger partial charge in [0.05, 0.1) is 12.2 Å². The van der Waals surface area contributed by atoms with Gasteiger partial charge in [0.15, 0.2) is 0 Å². The number of aliphatic imine (C=N–C) groups is 1. The van der Waals surface area contributed by atoms with Crippen molar-refractivity contribution in [1.29, 1.82) is 0 Å². The van der Waals surface area contributed by atoms with Crippen molar-refractivity contribution >= 4 is 6.21 Å². The molecule has 0 saturated carbocycles. The lowest BCUT2D eigenvalue weighted by atomic mass is 10.4. The molecule has 0 atom stereocenters. The zero-order valence-corrected chi connectivity index (χ0v) is 5.63. The third-order valence-electron chi connectivity index (χ3n) is 1.33. The molecule has 0 saturated heterocycles. The smallest absolute Gasteiger partial charge is 0.208 e. The summed E-state index contributed by atoms with van der Waals surface area (Å²) in [6, 6.07) is 0. The Kier molecular flexibility index (Phi) is 1.42. The van der Waals surface area contributed by atoms with Gasteiger partial charge >= 0.3 is 0 Å². The van der Waals surface area contributed by atoms with E-state index in [1.54, 1.807) is 18.0 Å². The van der Waals surface area contributed by atoms with Crippen LogP contribution in [0, 0.1) is 0 Å². The van der Waals surface area contributed by atoms with Crippen molar-refractivity contribution in [2.45, 2.75) is 6.92 Å². The molecule has 1 N–H and O–H groups in total. The summed E-state index contributed by atoms with van der Waals surface area (Å²) in [7, 11) is 1.82. The fourth-order valence-electron chi connectivity index (χ4n) is 0.721. The molecule has 0 aliphatic carbocycles. The molecule has 0 fully saturated rings. The molecule has 0 aromatic rings. The fourth-order valence-corrected chi connectivity index (χ4v) is 0.721. The van der Waals surface area contributed by atoms with E-state index < -0.39 is 0 Å². The van der Waals surface area contributed by atoms with E-state index in [-0.39, 0.29) is 5.88 Å². The summed E-state index contributed by atoms with van der Waals surface area (Å²) < 4.78 is 0. The standard InChI is InChI=1S/C6H10N2O/c1-5-6(9)8(2)4-3-7-5/h3,9H,4H2,1-2H3. The van der Waals surface area contributed by atoms with E-state index in [1.165, 1.54) is 0 Å². The summed E-state index contributed by atoms with van der Waals surface area (Å²) >= 11 is 0. The minimum Gasteiger partial charge on any atom is -0.493 e. The molecule has 0 radical (unpaired) electrons. The van der Waals surface area contributed by atoms with Gasteiger partial charge in [-0.2, -0.15) is 0 Å². The molecule has 0 bridgehead atoms. The van der Waals surface area contributed by atoms with Crippen LogP contribution in [-0.4, -0.2) is 29.8 Å². The first-order valence-corrected chi connectivity index (χ1v) is 2.85. The Morgan fingerprint density at radius 3 is 2.89 bits per heavy atom. The summed E-state index contributed by atoms with van der Waals surface area (Å²) in [6.45, 7) is 2.48. The predicted octanol–water partition coefficient (Wildman–Crippen LogP) is 0.750. The zero-order chi connectivity index (χ0) is 6.85. The highest BCUT2D eigenvalue weighted by Crippen LogP contribution is 2.08. The highest BCUT2D eigenvalue weighted by atomic mass is 16.3. The van der Waals surface area contributed by atoms with Crippen LogP contribution in [0.15, 0.2) is 16.6 Å². The van der Waals surface area contributed by atoms with Gasteiger partial charge in [-0.1, -0.05) is 0 Å². The van der Waals surface area contributed by atoms with Crippen molar-refractivity contribution in [3.63, 3.8) is 0 Å². The van der Waals surface area contributed by atoms with Crippen molar-refractivity contribution in [2.75, 3.05) is 13.6 Å². The van der Waals surface area contributed by atoms with E-state index in [2.05, 4.69) is 4.99 Å². The third kappa shape index (κ3) is 1.04. The Morgan fingerprint density at radius 1 is 1.78 bits per heavy atom. The highest BCUT2D eigenvalue weighted by Gasteiger charge is 2.07. The van der Waals surface area contributed by atoms with Crippen LogP contribution in [0.3, 0.4) is 0 Å². The maximum absolute atomic E-state index is 9.14. The van der Waals surface area contributed by atoms with Crippen LogP contribution in [0.2, 0.25) is 0 Å². The van der Waals surface area contributed by atoms with Gasteiger partial charge in [0.2, 0.25) is 5.88 Å². The van der Waals surface area contributed by atoms with Gasteiger partial charge in [0.1, 0.15) is 0 Å². The lowest BCUT2D eigenvalue weighted by Gasteiger charge is -2.19. The van der Waals surface area contributed by atoms with Gasteiger partial charge < -0.3 is 10.0 Å². The molecule has 1 aliphatic rings. The van der Waals surface area contributed by atoms with Gasteiger partial charge in [-0.15, -0.1) is 0 Å². The van der Waals surface area contributed by atoms with Crippen LogP contribution in [0.1, 0.15) is 6.92 Å². The molecule has 3 heteroatoms. The Labute approximate surface area is 54.3 Å². The summed E-state index contributed by atoms with van der Waals surface area (Å²) in [4.78, 5) is 5.66. The number of aliphatic hydroxyl groups is 1. The largest absolute Gasteiger partial charge is 0.493 e. The van der Waals surface area contributed by atoms with E-state index in [0.29, 0.717) is 12.2 Å². The molecule has 0 aromatic carbocycles. The van der Waals surface area contributed by atoms with E-state index >= 15 is 0 Å². The van der Waals surface area contributed by atoms with Crippen molar-refractivity contribution in [1.82, 2.24) is 4.90 Å². The van der Waals surface area contributed by atoms with E-state index in [9.17, 15) is 0 Å². The molecule has 0 aromatic heterocycles. The van der Waals surface area contributed by atoms with Gasteiger partial charge in [-0.25, -0.2) is 0 Å². The van der Waals surface area contributed by atoms with Crippen molar-refractivity contribution in [2.24, 2.45) is 4.99 Å². The molecule has 1 heterocycles. The number of aliphatic hydroxyl groups excluding tert-OH is 1. The topological polar surface area (TPSA) is 35.8 Å². The quantitative estimate of drug-likeness (QED) is 0.520. The van der Waals surface area contributed by atoms with E-state index in [1.807, 2.05) is 7.05 Å². The van der Waals surface area contributed by atoms with E-state index in [4.69, 9.17) is 5.11 Å². The molecule has 0 unspecified atom stereocenters. The second-order valence-corrected chi connectivity index (χ2v) is 2.10. The molecule has 50 valence electrons.